The van der Waals surface area contributed by atoms with Crippen LogP contribution in [0, 0.1) is 13.8 Å². The molecule has 0 atom stereocenters. The lowest BCUT2D eigenvalue weighted by atomic mass is 10.2. The fourth-order valence-electron chi connectivity index (χ4n) is 3.20. The summed E-state index contributed by atoms with van der Waals surface area (Å²) < 4.78 is 3.17. The van der Waals surface area contributed by atoms with E-state index < -0.39 is 0 Å². The third kappa shape index (κ3) is 3.21. The molecule has 1 aromatic carbocycles. The van der Waals surface area contributed by atoms with Crippen LogP contribution in [0.1, 0.15) is 28.2 Å². The third-order valence-electron chi connectivity index (χ3n) is 4.38. The van der Waals surface area contributed by atoms with Gasteiger partial charge in [-0.25, -0.2) is 0 Å². The Labute approximate surface area is 145 Å². The van der Waals surface area contributed by atoms with Crippen LogP contribution in [0.5, 0.6) is 0 Å². The maximum Gasteiger partial charge on any atom is 0.255 e. The average molecular weight is 376 g/mol. The van der Waals surface area contributed by atoms with Crippen LogP contribution >= 0.6 is 15.9 Å². The van der Waals surface area contributed by atoms with Crippen LogP contribution in [0.25, 0.3) is 5.69 Å². The lowest BCUT2D eigenvalue weighted by molar-refractivity contribution is 0.0765. The van der Waals surface area contributed by atoms with Crippen LogP contribution in [0.4, 0.5) is 0 Å². The van der Waals surface area contributed by atoms with Crippen molar-refractivity contribution in [2.45, 2.75) is 20.3 Å². The molecule has 0 saturated carbocycles. The first-order valence-electron chi connectivity index (χ1n) is 8.03. The van der Waals surface area contributed by atoms with Gasteiger partial charge in [-0.1, -0.05) is 12.1 Å². The van der Waals surface area contributed by atoms with Gasteiger partial charge in [0.2, 0.25) is 0 Å². The predicted molar refractivity (Wildman–Crippen MR) is 96.3 cm³/mol. The number of carbonyl (C=O) groups excluding carboxylic acids is 1. The monoisotopic (exact) mass is 375 g/mol. The molecule has 0 radical (unpaired) electrons. The maximum absolute atomic E-state index is 12.9. The second-order valence-corrected chi connectivity index (χ2v) is 6.82. The van der Waals surface area contributed by atoms with Crippen molar-refractivity contribution in [3.05, 3.63) is 51.8 Å². The SMILES string of the molecule is Cc1cc(C(=O)N2CCCNCC2)c(C)n1-c1ccccc1Br. The quantitative estimate of drug-likeness (QED) is 0.874. The van der Waals surface area contributed by atoms with Gasteiger partial charge in [-0.2, -0.15) is 0 Å². The van der Waals surface area contributed by atoms with Gasteiger partial charge in [-0.15, -0.1) is 0 Å². The summed E-state index contributed by atoms with van der Waals surface area (Å²) >= 11 is 3.61. The van der Waals surface area contributed by atoms with Crippen molar-refractivity contribution in [2.75, 3.05) is 26.2 Å². The van der Waals surface area contributed by atoms with E-state index in [1.807, 2.05) is 43.0 Å². The second kappa shape index (κ2) is 6.89. The van der Waals surface area contributed by atoms with Gasteiger partial charge < -0.3 is 14.8 Å². The highest BCUT2D eigenvalue weighted by molar-refractivity contribution is 9.10. The molecule has 0 unspecified atom stereocenters. The highest BCUT2D eigenvalue weighted by Crippen LogP contribution is 2.27. The van der Waals surface area contributed by atoms with E-state index in [2.05, 4.69) is 31.9 Å². The van der Waals surface area contributed by atoms with Gasteiger partial charge in [0, 0.05) is 35.5 Å². The average Bonchev–Trinajstić information content (AvgIpc) is 2.74. The number of nitrogens with zero attached hydrogens (tertiary/aromatic N) is 2. The number of amides is 1. The molecule has 0 spiro atoms. The largest absolute Gasteiger partial charge is 0.337 e. The van der Waals surface area contributed by atoms with Gasteiger partial charge in [-0.05, 0) is 60.9 Å². The molecular weight excluding hydrogens is 354 g/mol. The van der Waals surface area contributed by atoms with E-state index in [0.29, 0.717) is 0 Å². The number of hydrogen-bond donors (Lipinski definition) is 1. The molecule has 1 aromatic heterocycles. The first kappa shape index (κ1) is 16.3. The Bertz CT molecular complexity index is 715. The van der Waals surface area contributed by atoms with E-state index in [1.165, 1.54) is 0 Å². The topological polar surface area (TPSA) is 37.3 Å². The Morgan fingerprint density at radius 3 is 2.74 bits per heavy atom. The van der Waals surface area contributed by atoms with Crippen molar-refractivity contribution in [3.8, 4) is 5.69 Å². The molecule has 1 fully saturated rings. The number of aromatic nitrogens is 1. The van der Waals surface area contributed by atoms with Crippen LogP contribution < -0.4 is 5.32 Å². The molecule has 23 heavy (non-hydrogen) atoms. The first-order valence-corrected chi connectivity index (χ1v) is 8.82. The number of benzene rings is 1. The van der Waals surface area contributed by atoms with Gasteiger partial charge in [0.15, 0.2) is 0 Å². The van der Waals surface area contributed by atoms with E-state index in [1.54, 1.807) is 0 Å². The van der Waals surface area contributed by atoms with Crippen LogP contribution in [-0.2, 0) is 0 Å². The van der Waals surface area contributed by atoms with Crippen LogP contribution in [0.15, 0.2) is 34.8 Å². The molecule has 1 N–H and O–H groups in total. The molecule has 1 aliphatic rings. The highest BCUT2D eigenvalue weighted by Gasteiger charge is 2.22. The van der Waals surface area contributed by atoms with Crippen molar-refractivity contribution in [1.29, 1.82) is 0 Å². The zero-order valence-corrected chi connectivity index (χ0v) is 15.2. The van der Waals surface area contributed by atoms with Crippen molar-refractivity contribution < 1.29 is 4.79 Å². The normalized spacial score (nSPS) is 15.5. The number of aryl methyl sites for hydroxylation is 1. The molecule has 0 bridgehead atoms. The molecule has 2 heterocycles. The zero-order chi connectivity index (χ0) is 16.4. The van der Waals surface area contributed by atoms with Crippen LogP contribution in [0.2, 0.25) is 0 Å². The number of hydrogen-bond acceptors (Lipinski definition) is 2. The number of rotatable bonds is 2. The summed E-state index contributed by atoms with van der Waals surface area (Å²) in [6.45, 7) is 7.53. The van der Waals surface area contributed by atoms with E-state index in [4.69, 9.17) is 0 Å². The summed E-state index contributed by atoms with van der Waals surface area (Å²) in [5, 5.41) is 3.34. The summed E-state index contributed by atoms with van der Waals surface area (Å²) in [6.07, 6.45) is 1.01. The maximum atomic E-state index is 12.9. The lowest BCUT2D eigenvalue weighted by Gasteiger charge is -2.20. The van der Waals surface area contributed by atoms with Gasteiger partial charge in [0.1, 0.15) is 0 Å². The number of nitrogens with one attached hydrogen (secondary N) is 1. The van der Waals surface area contributed by atoms with E-state index in [0.717, 1.165) is 59.7 Å². The summed E-state index contributed by atoms with van der Waals surface area (Å²) in [4.78, 5) is 14.9. The predicted octanol–water partition coefficient (Wildman–Crippen LogP) is 3.29. The van der Waals surface area contributed by atoms with Gasteiger partial charge in [0.25, 0.3) is 5.91 Å². The number of halogens is 1. The minimum atomic E-state index is 0.139. The fraction of sp³-hybridized carbons (Fsp3) is 0.389. The van der Waals surface area contributed by atoms with E-state index in [-0.39, 0.29) is 5.91 Å². The van der Waals surface area contributed by atoms with Crippen molar-refractivity contribution >= 4 is 21.8 Å². The number of para-hydroxylation sites is 1. The molecule has 2 aromatic rings. The first-order chi connectivity index (χ1) is 11.1. The Morgan fingerprint density at radius 2 is 1.96 bits per heavy atom. The molecule has 1 saturated heterocycles. The Morgan fingerprint density at radius 1 is 1.17 bits per heavy atom. The molecule has 122 valence electrons. The lowest BCUT2D eigenvalue weighted by Crippen LogP contribution is -2.34. The van der Waals surface area contributed by atoms with Crippen LogP contribution in [-0.4, -0.2) is 41.6 Å². The van der Waals surface area contributed by atoms with Gasteiger partial charge >= 0.3 is 0 Å². The Balaban J connectivity index is 1.97. The number of carbonyl (C=O) groups is 1. The highest BCUT2D eigenvalue weighted by atomic mass is 79.9. The third-order valence-corrected chi connectivity index (χ3v) is 5.05. The van der Waals surface area contributed by atoms with E-state index in [9.17, 15) is 4.79 Å². The molecule has 1 aliphatic heterocycles. The summed E-state index contributed by atoms with van der Waals surface area (Å²) in [5.74, 6) is 0.139. The molecular formula is C18H22BrN3O. The van der Waals surface area contributed by atoms with Crippen molar-refractivity contribution in [3.63, 3.8) is 0 Å². The van der Waals surface area contributed by atoms with Gasteiger partial charge in [-0.3, -0.25) is 4.79 Å². The fourth-order valence-corrected chi connectivity index (χ4v) is 3.66. The molecule has 5 heteroatoms. The van der Waals surface area contributed by atoms with Gasteiger partial charge in [0.05, 0.1) is 11.3 Å². The van der Waals surface area contributed by atoms with Crippen molar-refractivity contribution in [2.24, 2.45) is 0 Å². The Kier molecular flexibility index (Phi) is 4.87. The minimum absolute atomic E-state index is 0.139. The zero-order valence-electron chi connectivity index (χ0n) is 13.6. The standard InChI is InChI=1S/C18H22BrN3O/c1-13-12-15(18(23)21-10-5-8-20-9-11-21)14(2)22(13)17-7-4-3-6-16(17)19/h3-4,6-7,12,20H,5,8-11H2,1-2H3. The van der Waals surface area contributed by atoms with Crippen LogP contribution in [0.3, 0.4) is 0 Å². The van der Waals surface area contributed by atoms with Crippen molar-refractivity contribution in [1.82, 2.24) is 14.8 Å². The summed E-state index contributed by atoms with van der Waals surface area (Å²) in [7, 11) is 0. The molecule has 4 nitrogen and oxygen atoms in total. The smallest absolute Gasteiger partial charge is 0.255 e. The molecule has 1 amide bonds. The minimum Gasteiger partial charge on any atom is -0.337 e. The molecule has 0 aliphatic carbocycles. The second-order valence-electron chi connectivity index (χ2n) is 5.97. The molecule has 3 rings (SSSR count). The summed E-state index contributed by atoms with van der Waals surface area (Å²) in [5.41, 5.74) is 3.95. The Hall–Kier alpha value is -1.59. The summed E-state index contributed by atoms with van der Waals surface area (Å²) in [6, 6.07) is 10.1. The van der Waals surface area contributed by atoms with E-state index >= 15 is 0 Å².